The van der Waals surface area contributed by atoms with Crippen LogP contribution in [-0.4, -0.2) is 22.6 Å². The highest BCUT2D eigenvalue weighted by Gasteiger charge is 2.13. The molecule has 2 N–H and O–H groups in total. The van der Waals surface area contributed by atoms with E-state index in [-0.39, 0.29) is 0 Å². The molecule has 1 aromatic heterocycles. The molecule has 0 aliphatic carbocycles. The molecule has 1 rings (SSSR count). The van der Waals surface area contributed by atoms with Crippen LogP contribution in [0.5, 0.6) is 0 Å². The van der Waals surface area contributed by atoms with Gasteiger partial charge < -0.3 is 10.6 Å². The van der Waals surface area contributed by atoms with Gasteiger partial charge >= 0.3 is 0 Å². The van der Waals surface area contributed by atoms with Crippen molar-refractivity contribution in [3.05, 3.63) is 11.4 Å². The molecule has 0 spiro atoms. The van der Waals surface area contributed by atoms with Gasteiger partial charge in [-0.25, -0.2) is 9.97 Å². The third kappa shape index (κ3) is 4.66. The highest BCUT2D eigenvalue weighted by molar-refractivity contribution is 5.57. The SMILES string of the molecule is CCCc1nc(NCC)c(C)c(NC(CC)CCC)n1. The van der Waals surface area contributed by atoms with Gasteiger partial charge in [0.2, 0.25) is 0 Å². The minimum absolute atomic E-state index is 0.498. The van der Waals surface area contributed by atoms with Gasteiger partial charge in [0.05, 0.1) is 0 Å². The molecule has 1 heterocycles. The summed E-state index contributed by atoms with van der Waals surface area (Å²) < 4.78 is 0. The molecule has 0 amide bonds. The molecule has 0 saturated carbocycles. The lowest BCUT2D eigenvalue weighted by Crippen LogP contribution is -2.21. The van der Waals surface area contributed by atoms with Crippen molar-refractivity contribution in [1.29, 1.82) is 0 Å². The van der Waals surface area contributed by atoms with E-state index in [2.05, 4.69) is 50.2 Å². The van der Waals surface area contributed by atoms with Crippen LogP contribution in [0.1, 0.15) is 64.8 Å². The maximum absolute atomic E-state index is 4.71. The summed E-state index contributed by atoms with van der Waals surface area (Å²) in [5.41, 5.74) is 1.13. The van der Waals surface area contributed by atoms with Crippen molar-refractivity contribution in [3.63, 3.8) is 0 Å². The van der Waals surface area contributed by atoms with Crippen LogP contribution >= 0.6 is 0 Å². The number of hydrogen-bond acceptors (Lipinski definition) is 4. The van der Waals surface area contributed by atoms with E-state index >= 15 is 0 Å². The number of hydrogen-bond donors (Lipinski definition) is 2. The van der Waals surface area contributed by atoms with E-state index in [0.717, 1.165) is 48.8 Å². The van der Waals surface area contributed by atoms with Crippen molar-refractivity contribution in [2.75, 3.05) is 17.2 Å². The molecule has 1 atom stereocenters. The summed E-state index contributed by atoms with van der Waals surface area (Å²) in [5.74, 6) is 2.91. The quantitative estimate of drug-likeness (QED) is 0.712. The van der Waals surface area contributed by atoms with Gasteiger partial charge in [-0.1, -0.05) is 27.2 Å². The van der Waals surface area contributed by atoms with Crippen molar-refractivity contribution in [2.45, 2.75) is 72.8 Å². The molecule has 0 radical (unpaired) electrons. The number of anilines is 2. The molecule has 0 aromatic carbocycles. The Labute approximate surface area is 123 Å². The molecule has 114 valence electrons. The molecule has 0 aliphatic heterocycles. The van der Waals surface area contributed by atoms with Crippen LogP contribution in [-0.2, 0) is 6.42 Å². The Morgan fingerprint density at radius 3 is 2.25 bits per heavy atom. The van der Waals surface area contributed by atoms with Crippen molar-refractivity contribution in [2.24, 2.45) is 0 Å². The zero-order valence-electron chi connectivity index (χ0n) is 13.7. The third-order valence-corrected chi connectivity index (χ3v) is 3.48. The molecule has 1 aromatic rings. The number of nitrogens with zero attached hydrogens (tertiary/aromatic N) is 2. The maximum atomic E-state index is 4.71. The Morgan fingerprint density at radius 2 is 1.70 bits per heavy atom. The fourth-order valence-corrected chi connectivity index (χ4v) is 2.30. The normalized spacial score (nSPS) is 12.2. The Balaban J connectivity index is 3.02. The third-order valence-electron chi connectivity index (χ3n) is 3.48. The summed E-state index contributed by atoms with van der Waals surface area (Å²) in [7, 11) is 0. The summed E-state index contributed by atoms with van der Waals surface area (Å²) in [6, 6.07) is 0.498. The second-order valence-electron chi connectivity index (χ2n) is 5.28. The van der Waals surface area contributed by atoms with Crippen molar-refractivity contribution < 1.29 is 0 Å². The molecule has 4 heteroatoms. The molecule has 0 fully saturated rings. The van der Waals surface area contributed by atoms with Gasteiger partial charge in [-0.3, -0.25) is 0 Å². The van der Waals surface area contributed by atoms with Crippen molar-refractivity contribution in [3.8, 4) is 0 Å². The maximum Gasteiger partial charge on any atom is 0.134 e. The van der Waals surface area contributed by atoms with Crippen LogP contribution in [0.3, 0.4) is 0 Å². The van der Waals surface area contributed by atoms with Crippen LogP contribution in [0.25, 0.3) is 0 Å². The second kappa shape index (κ2) is 8.77. The van der Waals surface area contributed by atoms with Crippen LogP contribution in [0.4, 0.5) is 11.6 Å². The highest BCUT2D eigenvalue weighted by Crippen LogP contribution is 2.22. The van der Waals surface area contributed by atoms with Crippen LogP contribution in [0, 0.1) is 6.92 Å². The Morgan fingerprint density at radius 1 is 1.00 bits per heavy atom. The molecule has 0 aliphatic rings. The Bertz CT molecular complexity index is 404. The van der Waals surface area contributed by atoms with Crippen molar-refractivity contribution in [1.82, 2.24) is 9.97 Å². The molecule has 0 bridgehead atoms. The zero-order chi connectivity index (χ0) is 15.0. The molecule has 4 nitrogen and oxygen atoms in total. The summed E-state index contributed by atoms with van der Waals surface area (Å²) in [4.78, 5) is 9.34. The molecule has 20 heavy (non-hydrogen) atoms. The standard InChI is InChI=1S/C16H30N4/c1-6-10-13(8-3)18-16-12(5)15(17-9-4)19-14(20-16)11-7-2/h13H,6-11H2,1-5H3,(H2,17,18,19,20). The van der Waals surface area contributed by atoms with E-state index in [1.165, 1.54) is 12.8 Å². The van der Waals surface area contributed by atoms with Gasteiger partial charge in [-0.2, -0.15) is 0 Å². The van der Waals surface area contributed by atoms with Crippen molar-refractivity contribution >= 4 is 11.6 Å². The van der Waals surface area contributed by atoms with E-state index in [1.807, 2.05) is 0 Å². The van der Waals surface area contributed by atoms with E-state index in [4.69, 9.17) is 4.98 Å². The number of rotatable bonds is 9. The number of aryl methyl sites for hydroxylation is 1. The molecular weight excluding hydrogens is 248 g/mol. The number of aromatic nitrogens is 2. The second-order valence-corrected chi connectivity index (χ2v) is 5.28. The first kappa shape index (κ1) is 16.7. The first-order chi connectivity index (χ1) is 9.65. The average Bonchev–Trinajstić information content (AvgIpc) is 2.43. The summed E-state index contributed by atoms with van der Waals surface area (Å²) in [5, 5.41) is 6.95. The smallest absolute Gasteiger partial charge is 0.134 e. The predicted octanol–water partition coefficient (Wildman–Crippen LogP) is 4.16. The number of nitrogens with one attached hydrogen (secondary N) is 2. The van der Waals surface area contributed by atoms with E-state index < -0.39 is 0 Å². The highest BCUT2D eigenvalue weighted by atomic mass is 15.1. The zero-order valence-corrected chi connectivity index (χ0v) is 13.7. The first-order valence-corrected chi connectivity index (χ1v) is 8.04. The van der Waals surface area contributed by atoms with Gasteiger partial charge in [0.25, 0.3) is 0 Å². The van der Waals surface area contributed by atoms with Crippen LogP contribution < -0.4 is 10.6 Å². The largest absolute Gasteiger partial charge is 0.370 e. The van der Waals surface area contributed by atoms with E-state index in [0.29, 0.717) is 6.04 Å². The summed E-state index contributed by atoms with van der Waals surface area (Å²) in [6.45, 7) is 11.7. The lowest BCUT2D eigenvalue weighted by Gasteiger charge is -2.20. The Kier molecular flexibility index (Phi) is 7.34. The topological polar surface area (TPSA) is 49.8 Å². The fourth-order valence-electron chi connectivity index (χ4n) is 2.30. The van der Waals surface area contributed by atoms with E-state index in [1.54, 1.807) is 0 Å². The van der Waals surface area contributed by atoms with Gasteiger partial charge in [0.15, 0.2) is 0 Å². The van der Waals surface area contributed by atoms with Gasteiger partial charge in [0.1, 0.15) is 17.5 Å². The minimum Gasteiger partial charge on any atom is -0.370 e. The van der Waals surface area contributed by atoms with E-state index in [9.17, 15) is 0 Å². The Hall–Kier alpha value is -1.32. The molecular formula is C16H30N4. The molecule has 1 unspecified atom stereocenters. The van der Waals surface area contributed by atoms with Crippen LogP contribution in [0.15, 0.2) is 0 Å². The first-order valence-electron chi connectivity index (χ1n) is 8.04. The molecule has 0 saturated heterocycles. The van der Waals surface area contributed by atoms with Gasteiger partial charge in [0, 0.05) is 24.6 Å². The lowest BCUT2D eigenvalue weighted by atomic mass is 10.1. The van der Waals surface area contributed by atoms with Crippen LogP contribution in [0.2, 0.25) is 0 Å². The lowest BCUT2D eigenvalue weighted by molar-refractivity contribution is 0.618. The average molecular weight is 278 g/mol. The predicted molar refractivity (Wildman–Crippen MR) is 87.5 cm³/mol. The summed E-state index contributed by atoms with van der Waals surface area (Å²) >= 11 is 0. The fraction of sp³-hybridized carbons (Fsp3) is 0.750. The monoisotopic (exact) mass is 278 g/mol. The van der Waals surface area contributed by atoms with Gasteiger partial charge in [-0.05, 0) is 33.1 Å². The minimum atomic E-state index is 0.498. The van der Waals surface area contributed by atoms with Gasteiger partial charge in [-0.15, -0.1) is 0 Å². The summed E-state index contributed by atoms with van der Waals surface area (Å²) in [6.07, 6.45) is 5.49.